The van der Waals surface area contributed by atoms with Crippen molar-refractivity contribution in [1.29, 1.82) is 0 Å². The molecule has 6 heteroatoms. The Morgan fingerprint density at radius 1 is 0.824 bits per heavy atom. The summed E-state index contributed by atoms with van der Waals surface area (Å²) in [6, 6.07) is 1.68. The summed E-state index contributed by atoms with van der Waals surface area (Å²) in [5.74, 6) is -1.35. The Morgan fingerprint density at radius 2 is 1.41 bits per heavy atom. The van der Waals surface area contributed by atoms with Crippen LogP contribution in [0.3, 0.4) is 0 Å². The minimum absolute atomic E-state index is 0.291. The Morgan fingerprint density at radius 3 is 2.03 bits per heavy atom. The van der Waals surface area contributed by atoms with Crippen molar-refractivity contribution in [1.82, 2.24) is 0 Å². The molecule has 1 rings (SSSR count). The second-order valence-electron chi connectivity index (χ2n) is 8.83. The van der Waals surface area contributed by atoms with E-state index in [-0.39, 0.29) is 18.6 Å². The lowest BCUT2D eigenvalue weighted by molar-refractivity contribution is -0.143. The van der Waals surface area contributed by atoms with E-state index in [1.807, 2.05) is 0 Å². The molecule has 0 spiro atoms. The van der Waals surface area contributed by atoms with Gasteiger partial charge < -0.3 is 9.47 Å². The van der Waals surface area contributed by atoms with Gasteiger partial charge in [0.15, 0.2) is 16.6 Å². The van der Waals surface area contributed by atoms with Crippen LogP contribution in [0.25, 0.3) is 0 Å². The van der Waals surface area contributed by atoms with Gasteiger partial charge in [0.2, 0.25) is 0 Å². The SMILES string of the molecule is CCCCCCCC/C=C\CCCCCCCCOc1cc(C(=O)CC(=O)CC(=O)OC)cs1. The topological polar surface area (TPSA) is 69.7 Å². The van der Waals surface area contributed by atoms with Gasteiger partial charge in [0.25, 0.3) is 0 Å². The van der Waals surface area contributed by atoms with Gasteiger partial charge in [0.05, 0.1) is 20.1 Å². The normalized spacial score (nSPS) is 11.1. The molecule has 0 aliphatic heterocycles. The number of carbonyl (C=O) groups is 3. The summed E-state index contributed by atoms with van der Waals surface area (Å²) in [7, 11) is 1.22. The van der Waals surface area contributed by atoms with Gasteiger partial charge in [-0.15, -0.1) is 11.3 Å². The van der Waals surface area contributed by atoms with E-state index >= 15 is 0 Å². The van der Waals surface area contributed by atoms with Gasteiger partial charge in [-0.2, -0.15) is 0 Å². The molecule has 0 bridgehead atoms. The van der Waals surface area contributed by atoms with Gasteiger partial charge in [-0.1, -0.05) is 76.9 Å². The third kappa shape index (κ3) is 15.8. The average molecular weight is 493 g/mol. The molecular weight excluding hydrogens is 448 g/mol. The number of rotatable bonds is 22. The molecule has 34 heavy (non-hydrogen) atoms. The van der Waals surface area contributed by atoms with Crippen LogP contribution in [0.1, 0.15) is 120 Å². The Bertz CT molecular complexity index is 722. The van der Waals surface area contributed by atoms with Crippen LogP contribution in [-0.2, 0) is 14.3 Å². The molecule has 0 saturated heterocycles. The van der Waals surface area contributed by atoms with E-state index in [9.17, 15) is 14.4 Å². The first-order valence-corrected chi connectivity index (χ1v) is 13.9. The Kier molecular flexibility index (Phi) is 18.1. The minimum atomic E-state index is -0.622. The van der Waals surface area contributed by atoms with Crippen molar-refractivity contribution in [3.05, 3.63) is 29.2 Å². The van der Waals surface area contributed by atoms with Crippen molar-refractivity contribution < 1.29 is 23.9 Å². The van der Waals surface area contributed by atoms with E-state index in [1.165, 1.54) is 95.5 Å². The van der Waals surface area contributed by atoms with Crippen molar-refractivity contribution >= 4 is 28.9 Å². The van der Waals surface area contributed by atoms with Crippen molar-refractivity contribution in [2.75, 3.05) is 13.7 Å². The fourth-order valence-corrected chi connectivity index (χ4v) is 4.43. The molecule has 0 amide bonds. The fourth-order valence-electron chi connectivity index (χ4n) is 3.64. The first-order valence-electron chi connectivity index (χ1n) is 13.0. The molecule has 1 aromatic rings. The first-order chi connectivity index (χ1) is 16.6. The monoisotopic (exact) mass is 492 g/mol. The summed E-state index contributed by atoms with van der Waals surface area (Å²) in [4.78, 5) is 34.9. The minimum Gasteiger partial charge on any atom is -0.484 e. The maximum absolute atomic E-state index is 12.1. The molecule has 0 aliphatic rings. The van der Waals surface area contributed by atoms with Crippen molar-refractivity contribution in [2.24, 2.45) is 0 Å². The van der Waals surface area contributed by atoms with Gasteiger partial charge in [-0.25, -0.2) is 0 Å². The predicted molar refractivity (Wildman–Crippen MR) is 140 cm³/mol. The van der Waals surface area contributed by atoms with Crippen molar-refractivity contribution in [3.8, 4) is 5.06 Å². The number of thiophene rings is 1. The van der Waals surface area contributed by atoms with Gasteiger partial charge in [0.1, 0.15) is 6.42 Å². The van der Waals surface area contributed by atoms with Crippen LogP contribution in [0.15, 0.2) is 23.6 Å². The average Bonchev–Trinajstić information content (AvgIpc) is 3.30. The third-order valence-corrected chi connectivity index (χ3v) is 6.56. The summed E-state index contributed by atoms with van der Waals surface area (Å²) in [6.07, 6.45) is 21.9. The van der Waals surface area contributed by atoms with Gasteiger partial charge in [-0.3, -0.25) is 14.4 Å². The van der Waals surface area contributed by atoms with Crippen LogP contribution in [0.5, 0.6) is 5.06 Å². The van der Waals surface area contributed by atoms with Crippen molar-refractivity contribution in [3.63, 3.8) is 0 Å². The molecular formula is C28H44O5S. The van der Waals surface area contributed by atoms with E-state index < -0.39 is 11.8 Å². The van der Waals surface area contributed by atoms with Gasteiger partial charge in [-0.05, 0) is 32.1 Å². The summed E-state index contributed by atoms with van der Waals surface area (Å²) in [6.45, 7) is 2.90. The highest BCUT2D eigenvalue weighted by Crippen LogP contribution is 2.24. The molecule has 0 aliphatic carbocycles. The van der Waals surface area contributed by atoms with E-state index in [4.69, 9.17) is 4.74 Å². The van der Waals surface area contributed by atoms with Crippen LogP contribution < -0.4 is 4.74 Å². The zero-order chi connectivity index (χ0) is 24.9. The lowest BCUT2D eigenvalue weighted by Gasteiger charge is -2.03. The maximum atomic E-state index is 12.1. The first kappa shape index (κ1) is 30.1. The zero-order valence-corrected chi connectivity index (χ0v) is 22.1. The lowest BCUT2D eigenvalue weighted by atomic mass is 10.1. The fraction of sp³-hybridized carbons (Fsp3) is 0.679. The molecule has 0 fully saturated rings. The zero-order valence-electron chi connectivity index (χ0n) is 21.3. The largest absolute Gasteiger partial charge is 0.484 e. The Hall–Kier alpha value is -1.95. The highest BCUT2D eigenvalue weighted by Gasteiger charge is 2.17. The molecule has 0 unspecified atom stereocenters. The molecule has 192 valence electrons. The predicted octanol–water partition coefficient (Wildman–Crippen LogP) is 7.87. The Labute approximate surface area is 210 Å². The molecule has 5 nitrogen and oxygen atoms in total. The number of Topliss-reactive ketones (excluding diaryl/α,β-unsaturated/α-hetero) is 2. The summed E-state index contributed by atoms with van der Waals surface area (Å²) in [5.41, 5.74) is 0.458. The van der Waals surface area contributed by atoms with Crippen LogP contribution in [0.4, 0.5) is 0 Å². The number of hydrogen-bond acceptors (Lipinski definition) is 6. The molecule has 0 atom stereocenters. The summed E-state index contributed by atoms with van der Waals surface area (Å²) >= 11 is 1.36. The number of hydrogen-bond donors (Lipinski definition) is 0. The molecule has 0 aromatic carbocycles. The van der Waals surface area contributed by atoms with E-state index in [2.05, 4.69) is 23.8 Å². The number of ketones is 2. The number of carbonyl (C=O) groups excluding carboxylic acids is 3. The van der Waals surface area contributed by atoms with E-state index in [0.29, 0.717) is 17.2 Å². The molecule has 0 radical (unpaired) electrons. The van der Waals surface area contributed by atoms with Gasteiger partial charge in [0, 0.05) is 17.0 Å². The smallest absolute Gasteiger partial charge is 0.313 e. The van der Waals surface area contributed by atoms with Crippen LogP contribution in [0, 0.1) is 0 Å². The summed E-state index contributed by atoms with van der Waals surface area (Å²) < 4.78 is 10.2. The quantitative estimate of drug-likeness (QED) is 0.0541. The molecule has 1 heterocycles. The van der Waals surface area contributed by atoms with Crippen molar-refractivity contribution in [2.45, 2.75) is 110 Å². The number of unbranched alkanes of at least 4 members (excludes halogenated alkanes) is 12. The Balaban J connectivity index is 1.98. The van der Waals surface area contributed by atoms with E-state index in [1.54, 1.807) is 11.4 Å². The summed E-state index contributed by atoms with van der Waals surface area (Å²) in [5, 5.41) is 2.39. The van der Waals surface area contributed by atoms with Crippen LogP contribution >= 0.6 is 11.3 Å². The van der Waals surface area contributed by atoms with Gasteiger partial charge >= 0.3 is 5.97 Å². The third-order valence-electron chi connectivity index (χ3n) is 5.72. The lowest BCUT2D eigenvalue weighted by Crippen LogP contribution is -2.13. The number of methoxy groups -OCH3 is 1. The van der Waals surface area contributed by atoms with Crippen LogP contribution in [-0.4, -0.2) is 31.3 Å². The second kappa shape index (κ2) is 20.4. The molecule has 0 N–H and O–H groups in total. The molecule has 0 saturated carbocycles. The molecule has 1 aromatic heterocycles. The van der Waals surface area contributed by atoms with Crippen LogP contribution in [0.2, 0.25) is 0 Å². The standard InChI is InChI=1S/C28H44O5S/c1-3-4-5-6-7-8-9-10-11-12-13-14-15-16-17-18-19-33-28-20-24(23-34-28)26(30)21-25(29)22-27(31)32-2/h10-11,20,23H,3-9,12-19,21-22H2,1-2H3/b11-10-. The number of esters is 1. The second-order valence-corrected chi connectivity index (χ2v) is 9.71. The highest BCUT2D eigenvalue weighted by molar-refractivity contribution is 7.12. The number of ether oxygens (including phenoxy) is 2. The number of allylic oxidation sites excluding steroid dienone is 2. The van der Waals surface area contributed by atoms with E-state index in [0.717, 1.165) is 12.8 Å². The maximum Gasteiger partial charge on any atom is 0.313 e. The highest BCUT2D eigenvalue weighted by atomic mass is 32.1.